The van der Waals surface area contributed by atoms with Crippen molar-refractivity contribution in [3.63, 3.8) is 0 Å². The van der Waals surface area contributed by atoms with Gasteiger partial charge in [-0.05, 0) is 17.9 Å². The maximum Gasteiger partial charge on any atom is 0.421 e. The molecule has 0 saturated carbocycles. The van der Waals surface area contributed by atoms with Crippen LogP contribution in [0.2, 0.25) is 0 Å². The molecule has 0 radical (unpaired) electrons. The average Bonchev–Trinajstić information content (AvgIpc) is 2.49. The molecule has 0 aliphatic rings. The van der Waals surface area contributed by atoms with Crippen molar-refractivity contribution >= 4 is 12.0 Å². The van der Waals surface area contributed by atoms with Crippen LogP contribution in [0, 0.1) is 5.92 Å². The van der Waals surface area contributed by atoms with Gasteiger partial charge in [-0.15, -0.1) is 0 Å². The zero-order valence-electron chi connectivity index (χ0n) is 13.4. The van der Waals surface area contributed by atoms with Crippen LogP contribution in [0.15, 0.2) is 30.3 Å². The van der Waals surface area contributed by atoms with Crippen molar-refractivity contribution in [3.8, 4) is 0 Å². The molecule has 0 saturated heterocycles. The van der Waals surface area contributed by atoms with Crippen LogP contribution in [0.25, 0.3) is 0 Å². The zero-order chi connectivity index (χ0) is 16.5. The topological polar surface area (TPSA) is 81.7 Å². The first kappa shape index (κ1) is 18.0. The first-order valence-electron chi connectivity index (χ1n) is 7.55. The van der Waals surface area contributed by atoms with Crippen molar-refractivity contribution in [2.24, 2.45) is 5.92 Å². The summed E-state index contributed by atoms with van der Waals surface area (Å²) in [6.45, 7) is 6.76. The molecule has 0 bridgehead atoms. The van der Waals surface area contributed by atoms with Crippen LogP contribution in [-0.4, -0.2) is 35.2 Å². The van der Waals surface area contributed by atoms with Crippen LogP contribution < -0.4 is 10.7 Å². The predicted octanol–water partition coefficient (Wildman–Crippen LogP) is 2.39. The number of rotatable bonds is 8. The first-order chi connectivity index (χ1) is 10.5. The number of hydrazine groups is 1. The van der Waals surface area contributed by atoms with Crippen LogP contribution in [0.3, 0.4) is 0 Å². The van der Waals surface area contributed by atoms with Gasteiger partial charge in [0.1, 0.15) is 6.04 Å². The van der Waals surface area contributed by atoms with E-state index in [1.165, 1.54) is 0 Å². The summed E-state index contributed by atoms with van der Waals surface area (Å²) < 4.78 is 0. The molecule has 0 spiro atoms. The van der Waals surface area contributed by atoms with Crippen LogP contribution in [0.4, 0.5) is 4.79 Å². The lowest BCUT2D eigenvalue weighted by molar-refractivity contribution is -0.124. The monoisotopic (exact) mass is 307 g/mol. The SMILES string of the molecule is CCCN(N[C@H](C(=O)NCC(C)C)c1ccccc1)C(=O)O. The molecule has 1 atom stereocenters. The van der Waals surface area contributed by atoms with E-state index in [9.17, 15) is 14.7 Å². The summed E-state index contributed by atoms with van der Waals surface area (Å²) in [6.07, 6.45) is -0.437. The predicted molar refractivity (Wildman–Crippen MR) is 85.2 cm³/mol. The number of benzene rings is 1. The maximum atomic E-state index is 12.4. The number of hydrogen-bond donors (Lipinski definition) is 3. The minimum Gasteiger partial charge on any atom is -0.464 e. The number of carboxylic acid groups (broad SMARTS) is 1. The van der Waals surface area contributed by atoms with Crippen molar-refractivity contribution in [3.05, 3.63) is 35.9 Å². The minimum absolute atomic E-state index is 0.234. The highest BCUT2D eigenvalue weighted by Crippen LogP contribution is 2.14. The fourth-order valence-electron chi connectivity index (χ4n) is 1.93. The van der Waals surface area contributed by atoms with E-state index >= 15 is 0 Å². The van der Waals surface area contributed by atoms with Crippen LogP contribution in [0.1, 0.15) is 38.8 Å². The number of nitrogens with zero attached hydrogens (tertiary/aromatic N) is 1. The Bertz CT molecular complexity index is 477. The highest BCUT2D eigenvalue weighted by atomic mass is 16.4. The van der Waals surface area contributed by atoms with Gasteiger partial charge in [0.25, 0.3) is 0 Å². The Balaban J connectivity index is 2.91. The lowest BCUT2D eigenvalue weighted by atomic mass is 10.1. The van der Waals surface area contributed by atoms with Crippen LogP contribution in [0.5, 0.6) is 0 Å². The first-order valence-corrected chi connectivity index (χ1v) is 7.55. The van der Waals surface area contributed by atoms with E-state index < -0.39 is 12.1 Å². The summed E-state index contributed by atoms with van der Waals surface area (Å²) in [4.78, 5) is 23.7. The van der Waals surface area contributed by atoms with Crippen molar-refractivity contribution < 1.29 is 14.7 Å². The Morgan fingerprint density at radius 1 is 1.23 bits per heavy atom. The van der Waals surface area contributed by atoms with E-state index in [0.29, 0.717) is 25.4 Å². The molecule has 0 fully saturated rings. The Hall–Kier alpha value is -2.08. The van der Waals surface area contributed by atoms with E-state index in [-0.39, 0.29) is 5.91 Å². The molecule has 0 unspecified atom stereocenters. The van der Waals surface area contributed by atoms with E-state index in [4.69, 9.17) is 0 Å². The van der Waals surface area contributed by atoms with Crippen LogP contribution in [-0.2, 0) is 4.79 Å². The smallest absolute Gasteiger partial charge is 0.421 e. The fourth-order valence-corrected chi connectivity index (χ4v) is 1.93. The summed E-state index contributed by atoms with van der Waals surface area (Å²) in [7, 11) is 0. The quantitative estimate of drug-likeness (QED) is 0.644. The van der Waals surface area contributed by atoms with Crippen molar-refractivity contribution in [2.45, 2.75) is 33.2 Å². The van der Waals surface area contributed by atoms with E-state index in [1.807, 2.05) is 39.0 Å². The molecule has 2 amide bonds. The summed E-state index contributed by atoms with van der Waals surface area (Å²) in [5.41, 5.74) is 3.54. The second kappa shape index (κ2) is 9.04. The molecule has 22 heavy (non-hydrogen) atoms. The molecule has 1 aromatic rings. The number of carbonyl (C=O) groups is 2. The fraction of sp³-hybridized carbons (Fsp3) is 0.500. The van der Waals surface area contributed by atoms with Gasteiger partial charge in [0, 0.05) is 13.1 Å². The van der Waals surface area contributed by atoms with Gasteiger partial charge in [0.15, 0.2) is 0 Å². The van der Waals surface area contributed by atoms with E-state index in [1.54, 1.807) is 12.1 Å². The maximum absolute atomic E-state index is 12.4. The molecule has 122 valence electrons. The van der Waals surface area contributed by atoms with Crippen molar-refractivity contribution in [1.82, 2.24) is 15.8 Å². The molecule has 0 aliphatic heterocycles. The Morgan fingerprint density at radius 2 is 1.86 bits per heavy atom. The highest BCUT2D eigenvalue weighted by molar-refractivity contribution is 5.83. The third-order valence-corrected chi connectivity index (χ3v) is 3.04. The zero-order valence-corrected chi connectivity index (χ0v) is 13.4. The van der Waals surface area contributed by atoms with Gasteiger partial charge in [-0.2, -0.15) is 0 Å². The molecule has 0 heterocycles. The molecule has 3 N–H and O–H groups in total. The highest BCUT2D eigenvalue weighted by Gasteiger charge is 2.24. The van der Waals surface area contributed by atoms with Crippen LogP contribution >= 0.6 is 0 Å². The summed E-state index contributed by atoms with van der Waals surface area (Å²) in [5.74, 6) is 0.0915. The van der Waals surface area contributed by atoms with Crippen molar-refractivity contribution in [1.29, 1.82) is 0 Å². The van der Waals surface area contributed by atoms with Gasteiger partial charge in [-0.3, -0.25) is 4.79 Å². The summed E-state index contributed by atoms with van der Waals surface area (Å²) >= 11 is 0. The third-order valence-electron chi connectivity index (χ3n) is 3.04. The van der Waals surface area contributed by atoms with Gasteiger partial charge in [0.2, 0.25) is 5.91 Å². The second-order valence-electron chi connectivity index (χ2n) is 5.55. The summed E-state index contributed by atoms with van der Waals surface area (Å²) in [6, 6.07) is 8.38. The standard InChI is InChI=1S/C16H25N3O3/c1-4-10-19(16(21)22)18-14(13-8-6-5-7-9-13)15(20)17-11-12(2)3/h5-9,12,14,18H,4,10-11H2,1-3H3,(H,17,20)(H,21,22)/t14-/m0/s1. The molecule has 1 rings (SSSR count). The number of hydrogen-bond acceptors (Lipinski definition) is 3. The molecular weight excluding hydrogens is 282 g/mol. The molecule has 0 aromatic heterocycles. The normalized spacial score (nSPS) is 12.0. The molecule has 6 heteroatoms. The van der Waals surface area contributed by atoms with Crippen molar-refractivity contribution in [2.75, 3.05) is 13.1 Å². The molecule has 6 nitrogen and oxygen atoms in total. The molecule has 1 aromatic carbocycles. The minimum atomic E-state index is -1.10. The van der Waals surface area contributed by atoms with Gasteiger partial charge >= 0.3 is 6.09 Å². The van der Waals surface area contributed by atoms with Gasteiger partial charge in [-0.1, -0.05) is 51.1 Å². The van der Waals surface area contributed by atoms with E-state index in [2.05, 4.69) is 10.7 Å². The number of carbonyl (C=O) groups excluding carboxylic acids is 1. The molecule has 0 aliphatic carbocycles. The Labute approximate surface area is 131 Å². The summed E-state index contributed by atoms with van der Waals surface area (Å²) in [5, 5.41) is 13.1. The Kier molecular flexibility index (Phi) is 7.39. The Morgan fingerprint density at radius 3 is 2.36 bits per heavy atom. The second-order valence-corrected chi connectivity index (χ2v) is 5.55. The van der Waals surface area contributed by atoms with Gasteiger partial charge in [-0.25, -0.2) is 15.2 Å². The molecular formula is C16H25N3O3. The lowest BCUT2D eigenvalue weighted by Gasteiger charge is -2.26. The average molecular weight is 307 g/mol. The van der Waals surface area contributed by atoms with Gasteiger partial charge in [0.05, 0.1) is 0 Å². The number of nitrogens with one attached hydrogen (secondary N) is 2. The van der Waals surface area contributed by atoms with E-state index in [0.717, 1.165) is 10.6 Å². The number of amides is 2. The third kappa shape index (κ3) is 5.73. The largest absolute Gasteiger partial charge is 0.464 e. The van der Waals surface area contributed by atoms with Gasteiger partial charge < -0.3 is 10.4 Å². The lowest BCUT2D eigenvalue weighted by Crippen LogP contribution is -2.49.